The summed E-state index contributed by atoms with van der Waals surface area (Å²) in [6.07, 6.45) is 10.5. The van der Waals surface area contributed by atoms with E-state index in [1.807, 2.05) is 0 Å². The summed E-state index contributed by atoms with van der Waals surface area (Å²) < 4.78 is 11.9. The summed E-state index contributed by atoms with van der Waals surface area (Å²) >= 11 is 0. The van der Waals surface area contributed by atoms with Crippen LogP contribution < -0.4 is 0 Å². The molecule has 0 N–H and O–H groups in total. The van der Waals surface area contributed by atoms with Gasteiger partial charge in [-0.1, -0.05) is 26.7 Å². The van der Waals surface area contributed by atoms with Crippen LogP contribution in [0.4, 0.5) is 0 Å². The minimum atomic E-state index is -0.198. The molecule has 1 unspecified atom stereocenters. The molecule has 0 bridgehead atoms. The largest absolute Gasteiger partial charge is 0.348 e. The highest BCUT2D eigenvalue weighted by Gasteiger charge is 2.62. The van der Waals surface area contributed by atoms with Gasteiger partial charge in [-0.05, 0) is 36.5 Å². The summed E-state index contributed by atoms with van der Waals surface area (Å²) in [6, 6.07) is 0. The third kappa shape index (κ3) is 1.84. The van der Waals surface area contributed by atoms with Gasteiger partial charge in [0.25, 0.3) is 0 Å². The number of ether oxygens (including phenoxy) is 2. The first kappa shape index (κ1) is 12.0. The number of rotatable bonds is 3. The van der Waals surface area contributed by atoms with Crippen molar-refractivity contribution in [1.82, 2.24) is 0 Å². The van der Waals surface area contributed by atoms with Crippen molar-refractivity contribution in [2.75, 3.05) is 13.2 Å². The van der Waals surface area contributed by atoms with Gasteiger partial charge in [0.2, 0.25) is 0 Å². The molecular weight excluding hydrogens is 212 g/mol. The Labute approximate surface area is 105 Å². The minimum absolute atomic E-state index is 0.198. The van der Waals surface area contributed by atoms with Crippen molar-refractivity contribution in [3.8, 4) is 0 Å². The average Bonchev–Trinajstić information content (AvgIpc) is 2.99. The maximum Gasteiger partial charge on any atom is 0.169 e. The van der Waals surface area contributed by atoms with Gasteiger partial charge in [-0.3, -0.25) is 0 Å². The van der Waals surface area contributed by atoms with E-state index in [1.54, 1.807) is 0 Å². The maximum atomic E-state index is 5.96. The van der Waals surface area contributed by atoms with E-state index in [9.17, 15) is 0 Å². The fraction of sp³-hybridized carbons (Fsp3) is 1.00. The lowest BCUT2D eigenvalue weighted by molar-refractivity contribution is -0.216. The molecule has 1 atom stereocenters. The topological polar surface area (TPSA) is 18.5 Å². The van der Waals surface area contributed by atoms with E-state index >= 15 is 0 Å². The van der Waals surface area contributed by atoms with E-state index < -0.39 is 0 Å². The summed E-state index contributed by atoms with van der Waals surface area (Å²) in [5, 5.41) is 0. The van der Waals surface area contributed by atoms with E-state index in [1.165, 1.54) is 38.5 Å². The quantitative estimate of drug-likeness (QED) is 0.742. The number of unbranched alkanes of at least 4 members (excludes halogenated alkanes) is 1. The van der Waals surface area contributed by atoms with Crippen LogP contribution in [0.3, 0.4) is 0 Å². The first-order valence-corrected chi connectivity index (χ1v) is 7.42. The molecule has 2 heteroatoms. The predicted octanol–water partition coefficient (Wildman–Crippen LogP) is 3.89. The van der Waals surface area contributed by atoms with E-state index in [0.717, 1.165) is 26.1 Å². The van der Waals surface area contributed by atoms with Gasteiger partial charge < -0.3 is 9.47 Å². The lowest BCUT2D eigenvalue weighted by Crippen LogP contribution is -2.47. The van der Waals surface area contributed by atoms with Crippen molar-refractivity contribution in [3.63, 3.8) is 0 Å². The van der Waals surface area contributed by atoms with Crippen molar-refractivity contribution < 1.29 is 9.47 Å². The molecule has 3 fully saturated rings. The van der Waals surface area contributed by atoms with Crippen LogP contribution in [0.25, 0.3) is 0 Å². The molecule has 0 aromatic heterocycles. The van der Waals surface area contributed by atoms with Crippen molar-refractivity contribution in [3.05, 3.63) is 0 Å². The lowest BCUT2D eigenvalue weighted by Gasteiger charge is -2.49. The standard InChI is InChI=1S/C15H26O2/c1-3-4-5-13(2)12-15(16-10-11-17-15)9-8-14(13)6-7-14/h3-12H2,1-2H3. The van der Waals surface area contributed by atoms with Gasteiger partial charge in [0.05, 0.1) is 13.2 Å². The maximum absolute atomic E-state index is 5.96. The monoisotopic (exact) mass is 238 g/mol. The molecule has 3 aliphatic rings. The molecule has 0 radical (unpaired) electrons. The zero-order chi connectivity index (χ0) is 12.0. The first-order chi connectivity index (χ1) is 8.14. The Balaban J connectivity index is 1.77. The minimum Gasteiger partial charge on any atom is -0.348 e. The van der Waals surface area contributed by atoms with Crippen LogP contribution in [-0.2, 0) is 9.47 Å². The number of hydrogen-bond acceptors (Lipinski definition) is 2. The fourth-order valence-corrected chi connectivity index (χ4v) is 4.27. The third-order valence-electron chi connectivity index (χ3n) is 5.67. The van der Waals surface area contributed by atoms with Gasteiger partial charge in [-0.15, -0.1) is 0 Å². The third-order valence-corrected chi connectivity index (χ3v) is 5.67. The SMILES string of the molecule is CCCCC1(C)CC2(CCC13CC3)OCCO2. The van der Waals surface area contributed by atoms with Gasteiger partial charge in [-0.2, -0.15) is 0 Å². The molecule has 2 nitrogen and oxygen atoms in total. The highest BCUT2D eigenvalue weighted by atomic mass is 16.7. The highest BCUT2D eigenvalue weighted by molar-refractivity contribution is 5.10. The Bertz CT molecular complexity index is 289. The molecule has 0 amide bonds. The summed E-state index contributed by atoms with van der Waals surface area (Å²) in [6.45, 7) is 6.40. The van der Waals surface area contributed by atoms with Crippen LogP contribution >= 0.6 is 0 Å². The molecule has 2 saturated carbocycles. The van der Waals surface area contributed by atoms with Crippen LogP contribution in [0.2, 0.25) is 0 Å². The Morgan fingerprint density at radius 1 is 1.00 bits per heavy atom. The Hall–Kier alpha value is -0.0800. The lowest BCUT2D eigenvalue weighted by atomic mass is 9.60. The van der Waals surface area contributed by atoms with Crippen molar-refractivity contribution in [1.29, 1.82) is 0 Å². The number of hydrogen-bond donors (Lipinski definition) is 0. The normalized spacial score (nSPS) is 37.8. The van der Waals surface area contributed by atoms with E-state index in [4.69, 9.17) is 9.47 Å². The van der Waals surface area contributed by atoms with Crippen LogP contribution in [-0.4, -0.2) is 19.0 Å². The van der Waals surface area contributed by atoms with E-state index in [-0.39, 0.29) is 5.79 Å². The van der Waals surface area contributed by atoms with Gasteiger partial charge in [-0.25, -0.2) is 0 Å². The summed E-state index contributed by atoms with van der Waals surface area (Å²) in [5.41, 5.74) is 1.12. The zero-order valence-corrected chi connectivity index (χ0v) is 11.4. The van der Waals surface area contributed by atoms with E-state index in [2.05, 4.69) is 13.8 Å². The summed E-state index contributed by atoms with van der Waals surface area (Å²) in [7, 11) is 0. The molecule has 1 aliphatic heterocycles. The summed E-state index contributed by atoms with van der Waals surface area (Å²) in [4.78, 5) is 0. The second-order valence-corrected chi connectivity index (χ2v) is 6.73. The second kappa shape index (κ2) is 3.96. The summed E-state index contributed by atoms with van der Waals surface area (Å²) in [5.74, 6) is -0.198. The fourth-order valence-electron chi connectivity index (χ4n) is 4.27. The van der Waals surface area contributed by atoms with Crippen molar-refractivity contribution in [2.45, 2.75) is 71.0 Å². The molecule has 3 rings (SSSR count). The van der Waals surface area contributed by atoms with Crippen LogP contribution in [0.15, 0.2) is 0 Å². The Kier molecular flexibility index (Phi) is 2.79. The molecule has 98 valence electrons. The first-order valence-electron chi connectivity index (χ1n) is 7.42. The molecule has 17 heavy (non-hydrogen) atoms. The molecule has 1 saturated heterocycles. The Morgan fingerprint density at radius 3 is 2.24 bits per heavy atom. The Morgan fingerprint density at radius 2 is 1.65 bits per heavy atom. The van der Waals surface area contributed by atoms with Gasteiger partial charge >= 0.3 is 0 Å². The smallest absolute Gasteiger partial charge is 0.169 e. The van der Waals surface area contributed by atoms with Gasteiger partial charge in [0.1, 0.15) is 0 Å². The van der Waals surface area contributed by atoms with Gasteiger partial charge in [0, 0.05) is 12.8 Å². The zero-order valence-electron chi connectivity index (χ0n) is 11.4. The molecule has 0 aromatic carbocycles. The van der Waals surface area contributed by atoms with Crippen molar-refractivity contribution in [2.24, 2.45) is 10.8 Å². The van der Waals surface area contributed by atoms with Crippen LogP contribution in [0.1, 0.15) is 65.2 Å². The van der Waals surface area contributed by atoms with Crippen molar-refractivity contribution >= 4 is 0 Å². The molecule has 0 aromatic rings. The van der Waals surface area contributed by atoms with Crippen LogP contribution in [0, 0.1) is 10.8 Å². The molecule has 2 aliphatic carbocycles. The predicted molar refractivity (Wildman–Crippen MR) is 67.8 cm³/mol. The average molecular weight is 238 g/mol. The molecular formula is C15H26O2. The highest BCUT2D eigenvalue weighted by Crippen LogP contribution is 2.69. The molecule has 2 spiro atoms. The van der Waals surface area contributed by atoms with E-state index in [0.29, 0.717) is 10.8 Å². The molecule has 1 heterocycles. The second-order valence-electron chi connectivity index (χ2n) is 6.73. The van der Waals surface area contributed by atoms with Crippen LogP contribution in [0.5, 0.6) is 0 Å². The van der Waals surface area contributed by atoms with Gasteiger partial charge in [0.15, 0.2) is 5.79 Å².